The number of carbonyl (C=O) groups excluding carboxylic acids is 1. The lowest BCUT2D eigenvalue weighted by Crippen LogP contribution is -2.14. The van der Waals surface area contributed by atoms with Gasteiger partial charge >= 0.3 is 5.97 Å². The van der Waals surface area contributed by atoms with Crippen LogP contribution in [0.5, 0.6) is 5.75 Å². The first-order valence-corrected chi connectivity index (χ1v) is 9.71. The van der Waals surface area contributed by atoms with E-state index in [0.29, 0.717) is 22.3 Å². The van der Waals surface area contributed by atoms with Crippen molar-refractivity contribution in [3.8, 4) is 5.75 Å². The number of aryl methyl sites for hydroxylation is 2. The van der Waals surface area contributed by atoms with Gasteiger partial charge in [-0.2, -0.15) is 0 Å². The number of thiophene rings is 1. The highest BCUT2D eigenvalue weighted by Gasteiger charge is 2.20. The zero-order valence-corrected chi connectivity index (χ0v) is 15.4. The van der Waals surface area contributed by atoms with Gasteiger partial charge < -0.3 is 14.2 Å². The minimum atomic E-state index is -0.279. The second kappa shape index (κ2) is 7.36. The third kappa shape index (κ3) is 3.68. The van der Waals surface area contributed by atoms with E-state index < -0.39 is 0 Å². The Labute approximate surface area is 155 Å². The highest BCUT2D eigenvalue weighted by Crippen LogP contribution is 2.33. The molecule has 0 bridgehead atoms. The molecule has 6 heteroatoms. The molecule has 0 amide bonds. The molecule has 25 heavy (non-hydrogen) atoms. The maximum Gasteiger partial charge on any atom is 0.348 e. The summed E-state index contributed by atoms with van der Waals surface area (Å²) in [5, 5.41) is 0.585. The SMILES string of the molecule is O=C(OCc1cc(Cl)cc2c1OCOC2)c1cc2c(s1)CCCCC2. The number of rotatable bonds is 3. The molecule has 0 radical (unpaired) electrons. The molecule has 4 rings (SSSR count). The molecular formula is C19H19ClO4S. The average molecular weight is 379 g/mol. The summed E-state index contributed by atoms with van der Waals surface area (Å²) in [5.74, 6) is 0.435. The van der Waals surface area contributed by atoms with Gasteiger partial charge in [0.15, 0.2) is 6.79 Å². The molecule has 0 spiro atoms. The summed E-state index contributed by atoms with van der Waals surface area (Å²) in [7, 11) is 0. The van der Waals surface area contributed by atoms with E-state index >= 15 is 0 Å². The van der Waals surface area contributed by atoms with E-state index in [4.69, 9.17) is 25.8 Å². The molecule has 1 aromatic carbocycles. The Balaban J connectivity index is 1.48. The zero-order valence-electron chi connectivity index (χ0n) is 13.8. The molecule has 132 valence electrons. The van der Waals surface area contributed by atoms with Crippen LogP contribution in [0, 0.1) is 0 Å². The average Bonchev–Trinajstić information content (AvgIpc) is 2.90. The number of halogens is 1. The Bertz CT molecular complexity index is 775. The van der Waals surface area contributed by atoms with Crippen molar-refractivity contribution < 1.29 is 19.0 Å². The second-order valence-electron chi connectivity index (χ2n) is 6.36. The molecule has 0 saturated heterocycles. The van der Waals surface area contributed by atoms with Crippen molar-refractivity contribution in [2.75, 3.05) is 6.79 Å². The molecule has 0 fully saturated rings. The van der Waals surface area contributed by atoms with Gasteiger partial charge in [0, 0.05) is 21.0 Å². The molecule has 0 unspecified atom stereocenters. The Morgan fingerprint density at radius 3 is 2.96 bits per heavy atom. The van der Waals surface area contributed by atoms with Gasteiger partial charge in [-0.1, -0.05) is 18.0 Å². The molecule has 2 aliphatic rings. The van der Waals surface area contributed by atoms with Gasteiger partial charge in [0.25, 0.3) is 0 Å². The lowest BCUT2D eigenvalue weighted by atomic mass is 10.1. The minimum Gasteiger partial charge on any atom is -0.467 e. The number of ether oxygens (including phenoxy) is 3. The summed E-state index contributed by atoms with van der Waals surface area (Å²) in [5.41, 5.74) is 2.97. The van der Waals surface area contributed by atoms with Crippen molar-refractivity contribution in [1.29, 1.82) is 0 Å². The fourth-order valence-electron chi connectivity index (χ4n) is 3.35. The van der Waals surface area contributed by atoms with E-state index in [1.54, 1.807) is 17.4 Å². The summed E-state index contributed by atoms with van der Waals surface area (Å²) in [4.78, 5) is 14.5. The minimum absolute atomic E-state index is 0.143. The quantitative estimate of drug-likeness (QED) is 0.563. The van der Waals surface area contributed by atoms with Crippen molar-refractivity contribution in [1.82, 2.24) is 0 Å². The van der Waals surface area contributed by atoms with E-state index in [1.807, 2.05) is 12.1 Å². The molecule has 0 atom stereocenters. The van der Waals surface area contributed by atoms with E-state index in [-0.39, 0.29) is 19.4 Å². The van der Waals surface area contributed by atoms with Gasteiger partial charge in [0.05, 0.1) is 6.61 Å². The van der Waals surface area contributed by atoms with Crippen LogP contribution in [0.3, 0.4) is 0 Å². The summed E-state index contributed by atoms with van der Waals surface area (Å²) in [6.45, 7) is 0.798. The molecule has 4 nitrogen and oxygen atoms in total. The van der Waals surface area contributed by atoms with Gasteiger partial charge in [0.1, 0.15) is 17.2 Å². The van der Waals surface area contributed by atoms with Crippen LogP contribution in [-0.2, 0) is 35.5 Å². The molecule has 2 heterocycles. The van der Waals surface area contributed by atoms with Gasteiger partial charge in [0.2, 0.25) is 0 Å². The lowest BCUT2D eigenvalue weighted by Gasteiger charge is -2.21. The lowest BCUT2D eigenvalue weighted by molar-refractivity contribution is -0.0180. The number of esters is 1. The molecule has 1 aliphatic carbocycles. The third-order valence-electron chi connectivity index (χ3n) is 4.56. The first kappa shape index (κ1) is 16.9. The molecule has 1 aliphatic heterocycles. The number of hydrogen-bond donors (Lipinski definition) is 0. The van der Waals surface area contributed by atoms with E-state index in [1.165, 1.54) is 29.7 Å². The Morgan fingerprint density at radius 2 is 2.04 bits per heavy atom. The van der Waals surface area contributed by atoms with E-state index in [0.717, 1.165) is 24.0 Å². The Kier molecular flexibility index (Phi) is 4.97. The van der Waals surface area contributed by atoms with Gasteiger partial charge in [-0.3, -0.25) is 0 Å². The number of carbonyl (C=O) groups is 1. The molecule has 2 aromatic rings. The van der Waals surface area contributed by atoms with Gasteiger partial charge in [-0.15, -0.1) is 11.3 Å². The van der Waals surface area contributed by atoms with Gasteiger partial charge in [-0.05, 0) is 49.4 Å². The van der Waals surface area contributed by atoms with E-state index in [2.05, 4.69) is 0 Å². The molecular weight excluding hydrogens is 360 g/mol. The van der Waals surface area contributed by atoms with Crippen molar-refractivity contribution in [2.45, 2.75) is 45.3 Å². The van der Waals surface area contributed by atoms with Crippen molar-refractivity contribution in [2.24, 2.45) is 0 Å². The van der Waals surface area contributed by atoms with Crippen molar-refractivity contribution in [3.63, 3.8) is 0 Å². The first-order valence-electron chi connectivity index (χ1n) is 8.51. The summed E-state index contributed by atoms with van der Waals surface area (Å²) < 4.78 is 16.4. The summed E-state index contributed by atoms with van der Waals surface area (Å²) in [6.07, 6.45) is 5.81. The van der Waals surface area contributed by atoms with Crippen molar-refractivity contribution in [3.05, 3.63) is 49.7 Å². The molecule has 0 saturated carbocycles. The fraction of sp³-hybridized carbons (Fsp3) is 0.421. The smallest absolute Gasteiger partial charge is 0.348 e. The van der Waals surface area contributed by atoms with Crippen LogP contribution in [0.1, 0.15) is 50.5 Å². The third-order valence-corrected chi connectivity index (χ3v) is 5.99. The first-order chi connectivity index (χ1) is 12.2. The zero-order chi connectivity index (χ0) is 17.2. The standard InChI is InChI=1S/C19H19ClO4S/c20-15-6-13-9-22-11-24-18(13)14(7-15)10-23-19(21)17-8-12-4-2-1-3-5-16(12)25-17/h6-8H,1-5,9-11H2. The predicted octanol–water partition coefficient (Wildman–Crippen LogP) is 4.89. The van der Waals surface area contributed by atoms with Crippen LogP contribution in [0.15, 0.2) is 18.2 Å². The van der Waals surface area contributed by atoms with Crippen LogP contribution in [0.4, 0.5) is 0 Å². The maximum absolute atomic E-state index is 12.5. The largest absolute Gasteiger partial charge is 0.467 e. The van der Waals surface area contributed by atoms with Crippen molar-refractivity contribution >= 4 is 28.9 Å². The van der Waals surface area contributed by atoms with Crippen LogP contribution < -0.4 is 4.74 Å². The number of benzene rings is 1. The van der Waals surface area contributed by atoms with Gasteiger partial charge in [-0.25, -0.2) is 4.79 Å². The predicted molar refractivity (Wildman–Crippen MR) is 96.4 cm³/mol. The Morgan fingerprint density at radius 1 is 1.16 bits per heavy atom. The number of fused-ring (bicyclic) bond motifs is 2. The fourth-order valence-corrected chi connectivity index (χ4v) is 4.76. The van der Waals surface area contributed by atoms with Crippen LogP contribution >= 0.6 is 22.9 Å². The highest BCUT2D eigenvalue weighted by atomic mass is 35.5. The maximum atomic E-state index is 12.5. The topological polar surface area (TPSA) is 44.8 Å². The number of hydrogen-bond acceptors (Lipinski definition) is 5. The molecule has 0 N–H and O–H groups in total. The van der Waals surface area contributed by atoms with Crippen LogP contribution in [0.2, 0.25) is 5.02 Å². The monoisotopic (exact) mass is 378 g/mol. The summed E-state index contributed by atoms with van der Waals surface area (Å²) in [6, 6.07) is 5.60. The second-order valence-corrected chi connectivity index (χ2v) is 7.93. The van der Waals surface area contributed by atoms with Crippen LogP contribution in [-0.4, -0.2) is 12.8 Å². The van der Waals surface area contributed by atoms with Crippen LogP contribution in [0.25, 0.3) is 0 Å². The molecule has 1 aromatic heterocycles. The normalized spacial score (nSPS) is 16.4. The Hall–Kier alpha value is -1.56. The van der Waals surface area contributed by atoms with E-state index in [9.17, 15) is 4.79 Å². The summed E-state index contributed by atoms with van der Waals surface area (Å²) >= 11 is 7.72. The highest BCUT2D eigenvalue weighted by molar-refractivity contribution is 7.14.